The number of fused-ring (bicyclic) bond motifs is 3. The number of ether oxygens (including phenoxy) is 2. The molecule has 2 aliphatic rings. The zero-order valence-electron chi connectivity index (χ0n) is 15.4. The Hall–Kier alpha value is -2.62. The van der Waals surface area contributed by atoms with Gasteiger partial charge in [0.15, 0.2) is 11.5 Å². The summed E-state index contributed by atoms with van der Waals surface area (Å²) in [7, 11) is 1.57. The molecular formula is C22H25NO3. The van der Waals surface area contributed by atoms with Crippen molar-refractivity contribution in [3.05, 3.63) is 59.7 Å². The van der Waals surface area contributed by atoms with E-state index in [1.54, 1.807) is 7.11 Å². The predicted molar refractivity (Wildman–Crippen MR) is 103 cm³/mol. The third kappa shape index (κ3) is 2.79. The smallest absolute Gasteiger partial charge is 0.160 e. The van der Waals surface area contributed by atoms with E-state index in [1.807, 2.05) is 38.1 Å². The van der Waals surface area contributed by atoms with Crippen LogP contribution in [0.25, 0.3) is 0 Å². The van der Waals surface area contributed by atoms with Crippen molar-refractivity contribution in [1.82, 2.24) is 0 Å². The van der Waals surface area contributed by atoms with E-state index in [1.165, 1.54) is 5.56 Å². The second-order valence-electron chi connectivity index (χ2n) is 7.29. The molecule has 1 aliphatic heterocycles. The topological polar surface area (TPSA) is 50.7 Å². The first-order valence-electron chi connectivity index (χ1n) is 9.18. The summed E-state index contributed by atoms with van der Waals surface area (Å²) in [4.78, 5) is 0. The van der Waals surface area contributed by atoms with Crippen LogP contribution in [0.3, 0.4) is 0 Å². The first-order chi connectivity index (χ1) is 12.6. The number of hydrogen-bond acceptors (Lipinski definition) is 4. The molecule has 2 aromatic rings. The van der Waals surface area contributed by atoms with Gasteiger partial charge in [0, 0.05) is 5.92 Å². The lowest BCUT2D eigenvalue weighted by molar-refractivity contribution is 0.242. The van der Waals surface area contributed by atoms with Crippen LogP contribution in [0.4, 0.5) is 5.69 Å². The fourth-order valence-corrected chi connectivity index (χ4v) is 4.18. The lowest BCUT2D eigenvalue weighted by atomic mass is 9.77. The van der Waals surface area contributed by atoms with E-state index < -0.39 is 0 Å². The van der Waals surface area contributed by atoms with Gasteiger partial charge in [-0.3, -0.25) is 0 Å². The highest BCUT2D eigenvalue weighted by Gasteiger charge is 2.39. The number of phenolic OH excluding ortho intramolecular Hbond substituents is 1. The van der Waals surface area contributed by atoms with E-state index in [0.29, 0.717) is 17.6 Å². The number of hydrogen-bond donors (Lipinski definition) is 2. The van der Waals surface area contributed by atoms with Gasteiger partial charge in [-0.1, -0.05) is 30.4 Å². The van der Waals surface area contributed by atoms with Gasteiger partial charge in [-0.15, -0.1) is 0 Å². The van der Waals surface area contributed by atoms with Crippen molar-refractivity contribution in [2.24, 2.45) is 5.92 Å². The maximum atomic E-state index is 10.2. The van der Waals surface area contributed by atoms with Crippen molar-refractivity contribution >= 4 is 5.69 Å². The maximum Gasteiger partial charge on any atom is 0.160 e. The number of rotatable bonds is 4. The van der Waals surface area contributed by atoms with Crippen LogP contribution >= 0.6 is 0 Å². The van der Waals surface area contributed by atoms with Crippen molar-refractivity contribution in [2.45, 2.75) is 38.3 Å². The molecule has 0 amide bonds. The number of nitrogens with one attached hydrogen (secondary N) is 1. The van der Waals surface area contributed by atoms with Gasteiger partial charge in [-0.2, -0.15) is 0 Å². The van der Waals surface area contributed by atoms with Gasteiger partial charge >= 0.3 is 0 Å². The van der Waals surface area contributed by atoms with Crippen LogP contribution < -0.4 is 14.8 Å². The average Bonchev–Trinajstić information content (AvgIpc) is 3.11. The Balaban J connectivity index is 1.76. The zero-order valence-corrected chi connectivity index (χ0v) is 15.4. The molecule has 4 rings (SSSR count). The summed E-state index contributed by atoms with van der Waals surface area (Å²) < 4.78 is 11.2. The molecule has 0 saturated carbocycles. The normalized spacial score (nSPS) is 23.3. The standard InChI is InChI=1S/C22H25NO3/c1-13(2)26-20-9-5-8-17-15-6-4-7-16(15)21(23-22(17)20)14-10-11-19(25-3)18(24)12-14/h4-6,8-13,15-16,21,23-24H,7H2,1-3H3. The Morgan fingerprint density at radius 3 is 2.73 bits per heavy atom. The molecule has 26 heavy (non-hydrogen) atoms. The quantitative estimate of drug-likeness (QED) is 0.760. The Morgan fingerprint density at radius 2 is 2.00 bits per heavy atom. The van der Waals surface area contributed by atoms with Gasteiger partial charge < -0.3 is 19.9 Å². The number of anilines is 1. The molecule has 0 fully saturated rings. The van der Waals surface area contributed by atoms with Gasteiger partial charge in [0.2, 0.25) is 0 Å². The number of methoxy groups -OCH3 is 1. The molecule has 4 nitrogen and oxygen atoms in total. The minimum absolute atomic E-state index is 0.108. The van der Waals surface area contributed by atoms with Crippen LogP contribution in [0.5, 0.6) is 17.2 Å². The van der Waals surface area contributed by atoms with Crippen molar-refractivity contribution in [3.63, 3.8) is 0 Å². The van der Waals surface area contributed by atoms with Gasteiger partial charge in [0.05, 0.1) is 24.9 Å². The molecule has 1 aliphatic carbocycles. The van der Waals surface area contributed by atoms with E-state index in [2.05, 4.69) is 29.6 Å². The van der Waals surface area contributed by atoms with Crippen molar-refractivity contribution in [1.29, 1.82) is 0 Å². The van der Waals surface area contributed by atoms with Crippen LogP contribution in [0.1, 0.15) is 43.4 Å². The largest absolute Gasteiger partial charge is 0.504 e. The van der Waals surface area contributed by atoms with E-state index in [-0.39, 0.29) is 17.9 Å². The average molecular weight is 351 g/mol. The van der Waals surface area contributed by atoms with Gasteiger partial charge in [0.25, 0.3) is 0 Å². The van der Waals surface area contributed by atoms with E-state index >= 15 is 0 Å². The molecule has 0 bridgehead atoms. The van der Waals surface area contributed by atoms with Crippen LogP contribution in [-0.4, -0.2) is 18.3 Å². The second-order valence-corrected chi connectivity index (χ2v) is 7.29. The number of phenols is 1. The van der Waals surface area contributed by atoms with E-state index in [9.17, 15) is 5.11 Å². The highest BCUT2D eigenvalue weighted by molar-refractivity contribution is 5.68. The fraction of sp³-hybridized carbons (Fsp3) is 0.364. The minimum atomic E-state index is 0.108. The highest BCUT2D eigenvalue weighted by atomic mass is 16.5. The Morgan fingerprint density at radius 1 is 1.15 bits per heavy atom. The second kappa shape index (κ2) is 6.60. The number of para-hydroxylation sites is 1. The fourth-order valence-electron chi connectivity index (χ4n) is 4.18. The molecule has 4 heteroatoms. The van der Waals surface area contributed by atoms with Gasteiger partial charge in [-0.25, -0.2) is 0 Å². The van der Waals surface area contributed by atoms with Crippen molar-refractivity contribution in [2.75, 3.05) is 12.4 Å². The minimum Gasteiger partial charge on any atom is -0.504 e. The van der Waals surface area contributed by atoms with Crippen LogP contribution in [-0.2, 0) is 0 Å². The summed E-state index contributed by atoms with van der Waals surface area (Å²) in [5, 5.41) is 13.9. The van der Waals surface area contributed by atoms with E-state index in [0.717, 1.165) is 23.4 Å². The number of benzene rings is 2. The van der Waals surface area contributed by atoms with E-state index in [4.69, 9.17) is 9.47 Å². The molecule has 2 N–H and O–H groups in total. The molecule has 2 aromatic carbocycles. The lowest BCUT2D eigenvalue weighted by Gasteiger charge is -2.38. The third-order valence-electron chi connectivity index (χ3n) is 5.28. The molecule has 3 atom stereocenters. The molecule has 1 heterocycles. The molecular weight excluding hydrogens is 326 g/mol. The van der Waals surface area contributed by atoms with Gasteiger partial charge in [-0.05, 0) is 55.5 Å². The maximum absolute atomic E-state index is 10.2. The highest BCUT2D eigenvalue weighted by Crippen LogP contribution is 2.52. The molecule has 0 radical (unpaired) electrons. The van der Waals surface area contributed by atoms with Crippen molar-refractivity contribution < 1.29 is 14.6 Å². The van der Waals surface area contributed by atoms with Crippen LogP contribution in [0, 0.1) is 5.92 Å². The Labute approximate surface area is 154 Å². The Bertz CT molecular complexity index is 843. The Kier molecular flexibility index (Phi) is 4.27. The summed E-state index contributed by atoms with van der Waals surface area (Å²) in [5.74, 6) is 2.33. The first-order valence-corrected chi connectivity index (χ1v) is 9.18. The third-order valence-corrected chi connectivity index (χ3v) is 5.28. The SMILES string of the molecule is COc1ccc(C2Nc3c(OC(C)C)cccc3C3C=CCC32)cc1O. The lowest BCUT2D eigenvalue weighted by Crippen LogP contribution is -2.29. The molecule has 0 spiro atoms. The zero-order chi connectivity index (χ0) is 18.3. The summed E-state index contributed by atoms with van der Waals surface area (Å²) in [5.41, 5.74) is 3.41. The van der Waals surface area contributed by atoms with Crippen LogP contribution in [0.15, 0.2) is 48.6 Å². The first kappa shape index (κ1) is 16.8. The molecule has 136 valence electrons. The molecule has 0 saturated heterocycles. The summed E-state index contributed by atoms with van der Waals surface area (Å²) >= 11 is 0. The number of allylic oxidation sites excluding steroid dienone is 2. The monoisotopic (exact) mass is 351 g/mol. The predicted octanol–water partition coefficient (Wildman–Crippen LogP) is 5.01. The summed E-state index contributed by atoms with van der Waals surface area (Å²) in [6.45, 7) is 4.08. The van der Waals surface area contributed by atoms with Crippen molar-refractivity contribution in [3.8, 4) is 17.2 Å². The molecule has 3 unspecified atom stereocenters. The summed E-state index contributed by atoms with van der Waals surface area (Å²) in [6.07, 6.45) is 5.70. The summed E-state index contributed by atoms with van der Waals surface area (Å²) in [6, 6.07) is 12.1. The molecule has 0 aromatic heterocycles. The van der Waals surface area contributed by atoms with Gasteiger partial charge in [0.1, 0.15) is 5.75 Å². The van der Waals surface area contributed by atoms with Crippen LogP contribution in [0.2, 0.25) is 0 Å². The number of aromatic hydroxyl groups is 1.